The van der Waals surface area contributed by atoms with Gasteiger partial charge in [0.1, 0.15) is 22.8 Å². The van der Waals surface area contributed by atoms with Gasteiger partial charge in [0.05, 0.1) is 0 Å². The number of rotatable bonds is 7. The monoisotopic (exact) mass is 939 g/mol. The number of aromatic nitrogens is 3. The Labute approximate surface area is 382 Å². The van der Waals surface area contributed by atoms with Crippen molar-refractivity contribution in [3.63, 3.8) is 0 Å². The van der Waals surface area contributed by atoms with Gasteiger partial charge in [0, 0.05) is 64.5 Å². The van der Waals surface area contributed by atoms with Crippen LogP contribution in [-0.4, -0.2) is 54.5 Å². The summed E-state index contributed by atoms with van der Waals surface area (Å²) < 4.78 is 40.5. The first-order valence-electron chi connectivity index (χ1n) is 19.4. The molecule has 3 aromatic heterocycles. The van der Waals surface area contributed by atoms with Crippen LogP contribution >= 0.6 is 34.8 Å². The van der Waals surface area contributed by atoms with Gasteiger partial charge < -0.3 is 35.0 Å². The van der Waals surface area contributed by atoms with E-state index in [4.69, 9.17) is 34.8 Å². The molecule has 0 amide bonds. The smallest absolute Gasteiger partial charge is 0.477 e. The number of aromatic amines is 3. The van der Waals surface area contributed by atoms with Crippen molar-refractivity contribution in [2.24, 2.45) is 0 Å². The number of hydrogen-bond donors (Lipinski definition) is 6. The number of alkyl halides is 3. The zero-order valence-electron chi connectivity index (χ0n) is 34.3. The Balaban J connectivity index is 0.000000146. The van der Waals surface area contributed by atoms with Crippen LogP contribution in [0.5, 0.6) is 5.75 Å². The second-order valence-corrected chi connectivity index (χ2v) is 16.1. The molecule has 330 valence electrons. The molecule has 0 bridgehead atoms. The minimum atomic E-state index is -4.77. The van der Waals surface area contributed by atoms with Crippen molar-refractivity contribution in [1.82, 2.24) is 15.0 Å². The number of nitrogens with one attached hydrogen (secondary N) is 3. The molecule has 3 heterocycles. The molecule has 0 aliphatic heterocycles. The van der Waals surface area contributed by atoms with E-state index in [1.165, 1.54) is 12.1 Å². The van der Waals surface area contributed by atoms with Crippen LogP contribution in [0.4, 0.5) is 13.2 Å². The van der Waals surface area contributed by atoms with Crippen LogP contribution in [0.15, 0.2) is 121 Å². The van der Waals surface area contributed by atoms with Crippen molar-refractivity contribution in [3.8, 4) is 39.1 Å². The number of benzene rings is 6. The summed E-state index contributed by atoms with van der Waals surface area (Å²) in [7, 11) is 0. The highest BCUT2D eigenvalue weighted by Gasteiger charge is 2.31. The lowest BCUT2D eigenvalue weighted by molar-refractivity contribution is -0.274. The second-order valence-electron chi connectivity index (χ2n) is 14.8. The molecule has 10 nitrogen and oxygen atoms in total. The highest BCUT2D eigenvalue weighted by atomic mass is 35.5. The molecule has 0 fully saturated rings. The summed E-state index contributed by atoms with van der Waals surface area (Å²) in [6.07, 6.45) is -4.77. The Bertz CT molecular complexity index is 3280. The largest absolute Gasteiger partial charge is 0.573 e. The van der Waals surface area contributed by atoms with Crippen LogP contribution in [0.25, 0.3) is 66.1 Å². The quantitative estimate of drug-likeness (QED) is 0.0924. The predicted molar refractivity (Wildman–Crippen MR) is 248 cm³/mol. The third-order valence-corrected chi connectivity index (χ3v) is 11.1. The molecule has 65 heavy (non-hydrogen) atoms. The SMILES string of the molecule is Cc1cccc2c(-c3cc(Cl)cc(Cl)c3)c(C(=O)O)[nH]c12.Cc1cccc2c(-c3ccc(OC(F)(F)F)cc3)c(C(=O)O)[nH]c12.Cc1cccc2c(-c3cccc(Cl)c3)c(C(=O)O)[nH]c12. The number of carboxylic acids is 3. The van der Waals surface area contributed by atoms with Gasteiger partial charge in [-0.05, 0) is 96.6 Å². The topological polar surface area (TPSA) is 168 Å². The number of halogens is 6. The molecular formula is C49H35Cl3F3N3O7. The van der Waals surface area contributed by atoms with Crippen molar-refractivity contribution in [2.45, 2.75) is 27.1 Å². The van der Waals surface area contributed by atoms with Crippen molar-refractivity contribution < 1.29 is 47.6 Å². The lowest BCUT2D eigenvalue weighted by Crippen LogP contribution is -2.16. The number of H-pyrrole nitrogens is 3. The number of aryl methyl sites for hydroxylation is 3. The van der Waals surface area contributed by atoms with Crippen LogP contribution in [0, 0.1) is 20.8 Å². The van der Waals surface area contributed by atoms with Gasteiger partial charge in [-0.15, -0.1) is 13.2 Å². The lowest BCUT2D eigenvalue weighted by atomic mass is 10.0. The summed E-state index contributed by atoms with van der Waals surface area (Å²) in [5, 5.41) is 32.3. The Morgan fingerprint density at radius 1 is 0.477 bits per heavy atom. The fourth-order valence-corrected chi connectivity index (χ4v) is 8.36. The molecule has 6 aromatic carbocycles. The molecular weight excluding hydrogens is 906 g/mol. The van der Waals surface area contributed by atoms with Crippen LogP contribution < -0.4 is 4.74 Å². The molecule has 0 atom stereocenters. The van der Waals surface area contributed by atoms with Crippen LogP contribution in [0.3, 0.4) is 0 Å². The van der Waals surface area contributed by atoms with E-state index in [0.717, 1.165) is 56.2 Å². The number of fused-ring (bicyclic) bond motifs is 3. The Hall–Kier alpha value is -7.19. The molecule has 0 aliphatic carbocycles. The van der Waals surface area contributed by atoms with E-state index in [0.29, 0.717) is 53.8 Å². The van der Waals surface area contributed by atoms with Crippen LogP contribution in [-0.2, 0) is 0 Å². The molecule has 0 aliphatic rings. The molecule has 6 N–H and O–H groups in total. The molecule has 16 heteroatoms. The van der Waals surface area contributed by atoms with E-state index in [-0.39, 0.29) is 22.8 Å². The molecule has 0 saturated heterocycles. The van der Waals surface area contributed by atoms with E-state index < -0.39 is 24.3 Å². The summed E-state index contributed by atoms with van der Waals surface area (Å²) in [6, 6.07) is 34.3. The summed E-state index contributed by atoms with van der Waals surface area (Å²) in [6.45, 7) is 5.72. The van der Waals surface area contributed by atoms with Gasteiger partial charge in [-0.1, -0.05) is 114 Å². The summed E-state index contributed by atoms with van der Waals surface area (Å²) in [5.41, 5.74) is 9.20. The van der Waals surface area contributed by atoms with E-state index in [1.54, 1.807) is 42.5 Å². The maximum absolute atomic E-state index is 12.2. The summed E-state index contributed by atoms with van der Waals surface area (Å²) in [5.74, 6) is -3.50. The minimum Gasteiger partial charge on any atom is -0.477 e. The van der Waals surface area contributed by atoms with E-state index in [2.05, 4.69) is 19.7 Å². The Morgan fingerprint density at radius 2 is 0.846 bits per heavy atom. The highest BCUT2D eigenvalue weighted by molar-refractivity contribution is 6.35. The summed E-state index contributed by atoms with van der Waals surface area (Å²) in [4.78, 5) is 43.4. The van der Waals surface area contributed by atoms with Crippen molar-refractivity contribution >= 4 is 85.4 Å². The third kappa shape index (κ3) is 9.82. The molecule has 9 aromatic rings. The van der Waals surface area contributed by atoms with E-state index >= 15 is 0 Å². The summed E-state index contributed by atoms with van der Waals surface area (Å²) >= 11 is 18.1. The Kier molecular flexibility index (Phi) is 13.0. The fraction of sp³-hybridized carbons (Fsp3) is 0.0816. The highest BCUT2D eigenvalue weighted by Crippen LogP contribution is 2.38. The van der Waals surface area contributed by atoms with Gasteiger partial charge in [0.25, 0.3) is 0 Å². The first kappa shape index (κ1) is 45.8. The number of carbonyl (C=O) groups is 3. The number of ether oxygens (including phenoxy) is 1. The van der Waals surface area contributed by atoms with Gasteiger partial charge in [-0.25, -0.2) is 14.4 Å². The molecule has 0 unspecified atom stereocenters. The van der Waals surface area contributed by atoms with Crippen molar-refractivity contribution in [3.05, 3.63) is 170 Å². The second kappa shape index (κ2) is 18.5. The maximum Gasteiger partial charge on any atom is 0.573 e. The molecule has 9 rings (SSSR count). The number of para-hydroxylation sites is 3. The van der Waals surface area contributed by atoms with Gasteiger partial charge in [0.15, 0.2) is 0 Å². The maximum atomic E-state index is 12.2. The van der Waals surface area contributed by atoms with Crippen LogP contribution in [0.2, 0.25) is 15.1 Å². The average Bonchev–Trinajstić information content (AvgIpc) is 3.95. The zero-order chi connectivity index (χ0) is 46.9. The number of aromatic carboxylic acids is 3. The third-order valence-electron chi connectivity index (χ3n) is 10.4. The van der Waals surface area contributed by atoms with Gasteiger partial charge in [-0.2, -0.15) is 0 Å². The van der Waals surface area contributed by atoms with Gasteiger partial charge >= 0.3 is 24.3 Å². The van der Waals surface area contributed by atoms with Gasteiger partial charge in [-0.3, -0.25) is 0 Å². The lowest BCUT2D eigenvalue weighted by Gasteiger charge is -2.09. The Morgan fingerprint density at radius 3 is 1.23 bits per heavy atom. The number of hydrogen-bond acceptors (Lipinski definition) is 4. The molecule has 0 radical (unpaired) electrons. The van der Waals surface area contributed by atoms with Gasteiger partial charge in [0.2, 0.25) is 0 Å². The van der Waals surface area contributed by atoms with E-state index in [9.17, 15) is 42.9 Å². The first-order chi connectivity index (χ1) is 30.8. The van der Waals surface area contributed by atoms with Crippen molar-refractivity contribution in [2.75, 3.05) is 0 Å². The molecule has 0 spiro atoms. The number of carboxylic acid groups (broad SMARTS) is 3. The zero-order valence-corrected chi connectivity index (χ0v) is 36.6. The standard InChI is InChI=1S/C17H12F3NO3.C16H11Cl2NO2.C16H12ClNO2/c1-9-3-2-4-12-13(15(16(22)23)21-14(9)12)10-5-7-11(8-6-10)24-17(18,19)20;1-8-3-2-4-12-13(15(16(20)21)19-14(8)12)9-5-10(17)7-11(18)6-9;1-9-4-2-7-12-13(10-5-3-6-11(17)8-10)15(16(19)20)18-14(9)12/h2-8,21H,1H3,(H,22,23);2-7,19H,1H3,(H,20,21);2-8,18H,1H3,(H,19,20). The molecule has 0 saturated carbocycles. The predicted octanol–water partition coefficient (Wildman–Crippen LogP) is 14.4. The average molecular weight is 941 g/mol. The van der Waals surface area contributed by atoms with Crippen LogP contribution in [0.1, 0.15) is 48.2 Å². The normalized spacial score (nSPS) is 11.2. The first-order valence-corrected chi connectivity index (χ1v) is 20.6. The fourth-order valence-electron chi connectivity index (χ4n) is 7.64. The van der Waals surface area contributed by atoms with Crippen molar-refractivity contribution in [1.29, 1.82) is 0 Å². The van der Waals surface area contributed by atoms with E-state index in [1.807, 2.05) is 75.4 Å². The minimum absolute atomic E-state index is 0.0104.